The lowest BCUT2D eigenvalue weighted by molar-refractivity contribution is -0.116. The molecule has 10 heteroatoms. The zero-order valence-corrected chi connectivity index (χ0v) is 21.6. The number of hydrogen-bond acceptors (Lipinski definition) is 5. The van der Waals surface area contributed by atoms with Gasteiger partial charge in [0.05, 0.1) is 12.8 Å². The molecule has 3 N–H and O–H groups in total. The zero-order valence-electron chi connectivity index (χ0n) is 18.5. The van der Waals surface area contributed by atoms with E-state index in [1.54, 1.807) is 20.2 Å². The van der Waals surface area contributed by atoms with Gasteiger partial charge in [-0.1, -0.05) is 17.7 Å². The van der Waals surface area contributed by atoms with E-state index in [1.807, 2.05) is 37.3 Å². The summed E-state index contributed by atoms with van der Waals surface area (Å²) in [6.45, 7) is 4.05. The highest BCUT2D eigenvalue weighted by molar-refractivity contribution is 14.0. The van der Waals surface area contributed by atoms with Gasteiger partial charge in [0.15, 0.2) is 5.96 Å². The average Bonchev–Trinajstić information content (AvgIpc) is 3.21. The highest BCUT2D eigenvalue weighted by Gasteiger charge is 2.25. The standard InChI is InChI=1S/C22H29ClN6O2.HI/c1-15-5-4-6-20(26-15)28-21(30)9-11-25-22(24-2)27-17-10-12-29(14-17)18-13-16(23)7-8-19(18)31-3;/h4-8,13,17H,9-12,14H2,1-3H3,(H2,24,25,27)(H,26,28,30);1H. The van der Waals surface area contributed by atoms with Gasteiger partial charge in [0.25, 0.3) is 0 Å². The van der Waals surface area contributed by atoms with Crippen molar-refractivity contribution in [2.24, 2.45) is 4.99 Å². The third kappa shape index (κ3) is 7.40. The fourth-order valence-electron chi connectivity index (χ4n) is 3.51. The van der Waals surface area contributed by atoms with Crippen molar-refractivity contribution in [2.45, 2.75) is 25.8 Å². The van der Waals surface area contributed by atoms with Crippen LogP contribution in [0.5, 0.6) is 5.75 Å². The summed E-state index contributed by atoms with van der Waals surface area (Å²) in [6.07, 6.45) is 1.27. The molecule has 2 aromatic rings. The van der Waals surface area contributed by atoms with E-state index in [9.17, 15) is 4.79 Å². The Kier molecular flexibility index (Phi) is 10.3. The lowest BCUT2D eigenvalue weighted by Crippen LogP contribution is -2.45. The van der Waals surface area contributed by atoms with Crippen LogP contribution in [0.25, 0.3) is 0 Å². The molecule has 1 unspecified atom stereocenters. The van der Waals surface area contributed by atoms with E-state index in [0.717, 1.165) is 36.6 Å². The van der Waals surface area contributed by atoms with E-state index in [2.05, 4.69) is 30.8 Å². The number of benzene rings is 1. The molecule has 1 aromatic carbocycles. The maximum absolute atomic E-state index is 12.1. The van der Waals surface area contributed by atoms with E-state index in [4.69, 9.17) is 16.3 Å². The largest absolute Gasteiger partial charge is 0.495 e. The number of carbonyl (C=O) groups excluding carboxylic acids is 1. The predicted octanol–water partition coefficient (Wildman–Crippen LogP) is 3.44. The summed E-state index contributed by atoms with van der Waals surface area (Å²) in [4.78, 5) is 22.9. The molecule has 0 bridgehead atoms. The first-order valence-electron chi connectivity index (χ1n) is 10.3. The van der Waals surface area contributed by atoms with Gasteiger partial charge in [-0.15, -0.1) is 24.0 Å². The Morgan fingerprint density at radius 1 is 1.34 bits per heavy atom. The van der Waals surface area contributed by atoms with Crippen LogP contribution in [0.15, 0.2) is 41.4 Å². The molecule has 1 saturated heterocycles. The van der Waals surface area contributed by atoms with Crippen LogP contribution >= 0.6 is 35.6 Å². The van der Waals surface area contributed by atoms with Gasteiger partial charge >= 0.3 is 0 Å². The second-order valence-electron chi connectivity index (χ2n) is 7.35. The maximum Gasteiger partial charge on any atom is 0.227 e. The highest BCUT2D eigenvalue weighted by atomic mass is 127. The molecule has 1 fully saturated rings. The molecule has 32 heavy (non-hydrogen) atoms. The number of hydrogen-bond donors (Lipinski definition) is 3. The molecule has 3 rings (SSSR count). The quantitative estimate of drug-likeness (QED) is 0.268. The van der Waals surface area contributed by atoms with Crippen molar-refractivity contribution in [1.82, 2.24) is 15.6 Å². The van der Waals surface area contributed by atoms with Gasteiger partial charge in [-0.2, -0.15) is 0 Å². The van der Waals surface area contributed by atoms with Gasteiger partial charge < -0.3 is 25.6 Å². The fraction of sp³-hybridized carbons (Fsp3) is 0.409. The van der Waals surface area contributed by atoms with Crippen LogP contribution in [-0.4, -0.2) is 56.7 Å². The Morgan fingerprint density at radius 3 is 2.88 bits per heavy atom. The Morgan fingerprint density at radius 2 is 2.16 bits per heavy atom. The van der Waals surface area contributed by atoms with Crippen LogP contribution in [0.3, 0.4) is 0 Å². The summed E-state index contributed by atoms with van der Waals surface area (Å²) in [5, 5.41) is 10.1. The van der Waals surface area contributed by atoms with Gasteiger partial charge in [-0.25, -0.2) is 4.98 Å². The second-order valence-corrected chi connectivity index (χ2v) is 7.79. The number of nitrogens with one attached hydrogen (secondary N) is 3. The molecule has 1 aliphatic rings. The van der Waals surface area contributed by atoms with Gasteiger partial charge in [-0.3, -0.25) is 9.79 Å². The Hall–Kier alpha value is -2.27. The second kappa shape index (κ2) is 12.7. The zero-order chi connectivity index (χ0) is 22.2. The summed E-state index contributed by atoms with van der Waals surface area (Å²) < 4.78 is 5.48. The number of carbonyl (C=O) groups is 1. The van der Waals surface area contributed by atoms with E-state index in [0.29, 0.717) is 29.8 Å². The topological polar surface area (TPSA) is 90.9 Å². The molecule has 0 aliphatic carbocycles. The minimum atomic E-state index is -0.0962. The lowest BCUT2D eigenvalue weighted by Gasteiger charge is -2.22. The van der Waals surface area contributed by atoms with Crippen molar-refractivity contribution in [3.05, 3.63) is 47.1 Å². The van der Waals surface area contributed by atoms with Crippen LogP contribution in [0.2, 0.25) is 5.02 Å². The first-order chi connectivity index (χ1) is 15.0. The summed E-state index contributed by atoms with van der Waals surface area (Å²) in [7, 11) is 3.38. The van der Waals surface area contributed by atoms with Crippen molar-refractivity contribution in [3.63, 3.8) is 0 Å². The molecule has 1 aromatic heterocycles. The number of guanidine groups is 1. The molecule has 1 amide bonds. The van der Waals surface area contributed by atoms with Gasteiger partial charge in [0.1, 0.15) is 11.6 Å². The summed E-state index contributed by atoms with van der Waals surface area (Å²) in [5.41, 5.74) is 1.85. The third-order valence-electron chi connectivity index (χ3n) is 5.03. The van der Waals surface area contributed by atoms with Crippen molar-refractivity contribution < 1.29 is 9.53 Å². The summed E-state index contributed by atoms with van der Waals surface area (Å²) in [5.74, 6) is 1.95. The summed E-state index contributed by atoms with van der Waals surface area (Å²) >= 11 is 6.17. The van der Waals surface area contributed by atoms with Crippen LogP contribution < -0.4 is 25.6 Å². The number of halogens is 2. The van der Waals surface area contributed by atoms with Crippen LogP contribution in [0.1, 0.15) is 18.5 Å². The smallest absolute Gasteiger partial charge is 0.227 e. The van der Waals surface area contributed by atoms with Crippen LogP contribution in [-0.2, 0) is 4.79 Å². The Labute approximate surface area is 211 Å². The number of rotatable bonds is 7. The lowest BCUT2D eigenvalue weighted by atomic mass is 10.2. The number of anilines is 2. The molecule has 0 radical (unpaired) electrons. The normalized spacial score (nSPS) is 15.7. The Bertz CT molecular complexity index is 942. The third-order valence-corrected chi connectivity index (χ3v) is 5.27. The molecule has 2 heterocycles. The SMILES string of the molecule is CN=C(NCCC(=O)Nc1cccc(C)n1)NC1CCN(c2cc(Cl)ccc2OC)C1.I. The number of aliphatic imine (C=N–C) groups is 1. The van der Waals surface area contributed by atoms with Crippen molar-refractivity contribution in [2.75, 3.05) is 44.0 Å². The average molecular weight is 573 g/mol. The molecule has 0 saturated carbocycles. The molecular formula is C22H30ClIN6O2. The van der Waals surface area contributed by atoms with E-state index in [-0.39, 0.29) is 35.9 Å². The number of amides is 1. The minimum absolute atomic E-state index is 0. The van der Waals surface area contributed by atoms with E-state index >= 15 is 0 Å². The fourth-order valence-corrected chi connectivity index (χ4v) is 3.67. The maximum atomic E-state index is 12.1. The first-order valence-corrected chi connectivity index (χ1v) is 10.7. The molecule has 1 aliphatic heterocycles. The van der Waals surface area contributed by atoms with Crippen molar-refractivity contribution in [1.29, 1.82) is 0 Å². The monoisotopic (exact) mass is 572 g/mol. The first kappa shape index (κ1) is 26.0. The van der Waals surface area contributed by atoms with Crippen molar-refractivity contribution in [3.8, 4) is 5.75 Å². The summed E-state index contributed by atoms with van der Waals surface area (Å²) in [6, 6.07) is 11.4. The van der Waals surface area contributed by atoms with E-state index < -0.39 is 0 Å². The van der Waals surface area contributed by atoms with Crippen LogP contribution in [0, 0.1) is 6.92 Å². The number of pyridine rings is 1. The molecule has 174 valence electrons. The number of methoxy groups -OCH3 is 1. The number of aromatic nitrogens is 1. The molecular weight excluding hydrogens is 543 g/mol. The van der Waals surface area contributed by atoms with Crippen molar-refractivity contribution >= 4 is 58.9 Å². The highest BCUT2D eigenvalue weighted by Crippen LogP contribution is 2.33. The Balaban J connectivity index is 0.00000363. The van der Waals surface area contributed by atoms with Crippen LogP contribution in [0.4, 0.5) is 11.5 Å². The number of nitrogens with zero attached hydrogens (tertiary/aromatic N) is 3. The molecule has 1 atom stereocenters. The predicted molar refractivity (Wildman–Crippen MR) is 141 cm³/mol. The van der Waals surface area contributed by atoms with Gasteiger partial charge in [0.2, 0.25) is 5.91 Å². The molecule has 0 spiro atoms. The molecule has 8 nitrogen and oxygen atoms in total. The van der Waals surface area contributed by atoms with Gasteiger partial charge in [-0.05, 0) is 43.7 Å². The number of aryl methyl sites for hydroxylation is 1. The minimum Gasteiger partial charge on any atom is -0.495 e. The van der Waals surface area contributed by atoms with E-state index in [1.165, 1.54) is 0 Å². The van der Waals surface area contributed by atoms with Gasteiger partial charge in [0, 0.05) is 49.9 Å². The number of ether oxygens (including phenoxy) is 1.